The summed E-state index contributed by atoms with van der Waals surface area (Å²) in [5, 5.41) is 4.33. The molecule has 3 aromatic rings. The predicted molar refractivity (Wildman–Crippen MR) is 109 cm³/mol. The molecule has 2 aromatic heterocycles. The Bertz CT molecular complexity index is 1010. The zero-order chi connectivity index (χ0) is 21.3. The number of pyridine rings is 1. The number of aromatic nitrogens is 3. The average Bonchev–Trinajstić information content (AvgIpc) is 3.30. The number of halogens is 3. The fourth-order valence-electron chi connectivity index (χ4n) is 4.10. The number of rotatable bonds is 5. The molecule has 158 valence electrons. The Balaban J connectivity index is 1.46. The van der Waals surface area contributed by atoms with Crippen LogP contribution in [0, 0.1) is 6.92 Å². The van der Waals surface area contributed by atoms with Gasteiger partial charge in [0.15, 0.2) is 0 Å². The second-order valence-corrected chi connectivity index (χ2v) is 7.97. The molecule has 1 aliphatic rings. The lowest BCUT2D eigenvalue weighted by Crippen LogP contribution is -2.23. The molecule has 0 bridgehead atoms. The van der Waals surface area contributed by atoms with Gasteiger partial charge < -0.3 is 0 Å². The molecule has 0 amide bonds. The molecule has 0 radical (unpaired) electrons. The highest BCUT2D eigenvalue weighted by atomic mass is 19.4. The van der Waals surface area contributed by atoms with Crippen LogP contribution in [0.3, 0.4) is 0 Å². The lowest BCUT2D eigenvalue weighted by atomic mass is 10.0. The maximum absolute atomic E-state index is 12.9. The molecule has 4 rings (SSSR count). The highest BCUT2D eigenvalue weighted by Crippen LogP contribution is 2.33. The van der Waals surface area contributed by atoms with Crippen molar-refractivity contribution in [1.29, 1.82) is 0 Å². The van der Waals surface area contributed by atoms with Crippen molar-refractivity contribution in [1.82, 2.24) is 19.7 Å². The highest BCUT2D eigenvalue weighted by Gasteiger charge is 2.30. The van der Waals surface area contributed by atoms with E-state index in [1.54, 1.807) is 12.3 Å². The summed E-state index contributed by atoms with van der Waals surface area (Å²) in [6.07, 6.45) is 2.01. The number of hydrogen-bond donors (Lipinski definition) is 0. The van der Waals surface area contributed by atoms with Crippen molar-refractivity contribution in [2.75, 3.05) is 6.54 Å². The average molecular weight is 414 g/mol. The number of hydrogen-bond acceptors (Lipinski definition) is 3. The maximum Gasteiger partial charge on any atom is 0.416 e. The number of benzene rings is 1. The minimum absolute atomic E-state index is 0.257. The molecule has 0 aliphatic carbocycles. The van der Waals surface area contributed by atoms with E-state index in [4.69, 9.17) is 0 Å². The molecule has 1 aliphatic heterocycles. The van der Waals surface area contributed by atoms with Crippen molar-refractivity contribution in [3.05, 3.63) is 82.4 Å². The van der Waals surface area contributed by atoms with Gasteiger partial charge in [-0.25, -0.2) is 0 Å². The van der Waals surface area contributed by atoms with Gasteiger partial charge in [0.25, 0.3) is 0 Å². The molecule has 4 nitrogen and oxygen atoms in total. The van der Waals surface area contributed by atoms with Crippen LogP contribution in [0.4, 0.5) is 13.2 Å². The quantitative estimate of drug-likeness (QED) is 0.585. The van der Waals surface area contributed by atoms with E-state index in [2.05, 4.69) is 21.9 Å². The molecule has 7 heteroatoms. The molecular weight excluding hydrogens is 389 g/mol. The molecule has 0 spiro atoms. The number of aryl methyl sites for hydroxylation is 1. The summed E-state index contributed by atoms with van der Waals surface area (Å²) in [6, 6.07) is 9.74. The second-order valence-electron chi connectivity index (χ2n) is 7.97. The summed E-state index contributed by atoms with van der Waals surface area (Å²) < 4.78 is 40.7. The van der Waals surface area contributed by atoms with Crippen LogP contribution in [-0.2, 0) is 26.2 Å². The first kappa shape index (κ1) is 20.6. The van der Waals surface area contributed by atoms with Crippen molar-refractivity contribution in [3.8, 4) is 0 Å². The molecule has 1 saturated heterocycles. The summed E-state index contributed by atoms with van der Waals surface area (Å²) in [4.78, 5) is 7.09. The van der Waals surface area contributed by atoms with Crippen molar-refractivity contribution in [2.45, 2.75) is 44.9 Å². The largest absolute Gasteiger partial charge is 0.416 e. The SMILES string of the molecule is Cc1c(CN2CCC[C@@H]2c2ccc(Cc3cccc(C(F)(F)F)c3)cn2)cnn1C. The fraction of sp³-hybridized carbons (Fsp3) is 0.391. The highest BCUT2D eigenvalue weighted by molar-refractivity contribution is 5.30. The van der Waals surface area contributed by atoms with Gasteiger partial charge in [0.1, 0.15) is 0 Å². The Morgan fingerprint density at radius 3 is 2.60 bits per heavy atom. The lowest BCUT2D eigenvalue weighted by Gasteiger charge is -2.24. The van der Waals surface area contributed by atoms with Gasteiger partial charge in [0.05, 0.1) is 23.5 Å². The Kier molecular flexibility index (Phi) is 5.64. The van der Waals surface area contributed by atoms with E-state index in [1.807, 2.05) is 30.1 Å². The van der Waals surface area contributed by atoms with Crippen LogP contribution in [0.5, 0.6) is 0 Å². The first-order valence-electron chi connectivity index (χ1n) is 10.1. The Labute approximate surface area is 174 Å². The van der Waals surface area contributed by atoms with Gasteiger partial charge in [-0.3, -0.25) is 14.6 Å². The molecule has 1 fully saturated rings. The van der Waals surface area contributed by atoms with Gasteiger partial charge in [-0.1, -0.05) is 24.3 Å². The molecular formula is C23H25F3N4. The van der Waals surface area contributed by atoms with Crippen LogP contribution in [0.25, 0.3) is 0 Å². The van der Waals surface area contributed by atoms with Crippen molar-refractivity contribution in [2.24, 2.45) is 7.05 Å². The van der Waals surface area contributed by atoms with E-state index < -0.39 is 11.7 Å². The van der Waals surface area contributed by atoms with E-state index >= 15 is 0 Å². The Hall–Kier alpha value is -2.67. The minimum Gasteiger partial charge on any atom is -0.290 e. The van der Waals surface area contributed by atoms with E-state index in [0.717, 1.165) is 43.3 Å². The molecule has 0 saturated carbocycles. The normalized spacial score (nSPS) is 17.6. The third kappa shape index (κ3) is 4.41. The van der Waals surface area contributed by atoms with Crippen LogP contribution in [0.1, 0.15) is 52.5 Å². The van der Waals surface area contributed by atoms with E-state index in [-0.39, 0.29) is 6.04 Å². The molecule has 0 unspecified atom stereocenters. The summed E-state index contributed by atoms with van der Waals surface area (Å²) >= 11 is 0. The minimum atomic E-state index is -4.32. The topological polar surface area (TPSA) is 34.0 Å². The first-order chi connectivity index (χ1) is 14.3. The molecule has 3 heterocycles. The summed E-state index contributed by atoms with van der Waals surface area (Å²) in [5.41, 5.74) is 4.34. The monoisotopic (exact) mass is 414 g/mol. The van der Waals surface area contributed by atoms with Crippen molar-refractivity contribution < 1.29 is 13.2 Å². The van der Waals surface area contributed by atoms with E-state index in [1.165, 1.54) is 23.4 Å². The Morgan fingerprint density at radius 2 is 1.93 bits per heavy atom. The van der Waals surface area contributed by atoms with E-state index in [0.29, 0.717) is 12.0 Å². The van der Waals surface area contributed by atoms with Gasteiger partial charge >= 0.3 is 6.18 Å². The van der Waals surface area contributed by atoms with Gasteiger partial charge in [0, 0.05) is 31.0 Å². The molecule has 30 heavy (non-hydrogen) atoms. The van der Waals surface area contributed by atoms with Gasteiger partial charge in [-0.15, -0.1) is 0 Å². The van der Waals surface area contributed by atoms with Crippen LogP contribution in [0.2, 0.25) is 0 Å². The van der Waals surface area contributed by atoms with Gasteiger partial charge in [-0.05, 0) is 56.0 Å². The third-order valence-electron chi connectivity index (χ3n) is 5.93. The Morgan fingerprint density at radius 1 is 1.10 bits per heavy atom. The standard InChI is InChI=1S/C23H25F3N4/c1-16-19(14-28-29(16)2)15-30-10-4-7-22(30)21-9-8-18(13-27-21)11-17-5-3-6-20(12-17)23(24,25)26/h3,5-6,8-9,12-14,22H,4,7,10-11,15H2,1-2H3/t22-/m1/s1. The van der Waals surface area contributed by atoms with Crippen molar-refractivity contribution >= 4 is 0 Å². The van der Waals surface area contributed by atoms with Gasteiger partial charge in [-0.2, -0.15) is 18.3 Å². The smallest absolute Gasteiger partial charge is 0.290 e. The van der Waals surface area contributed by atoms with E-state index in [9.17, 15) is 13.2 Å². The third-order valence-corrected chi connectivity index (χ3v) is 5.93. The summed E-state index contributed by atoms with van der Waals surface area (Å²) in [6.45, 7) is 3.94. The molecule has 0 N–H and O–H groups in total. The zero-order valence-electron chi connectivity index (χ0n) is 17.2. The van der Waals surface area contributed by atoms with Crippen LogP contribution in [-0.4, -0.2) is 26.2 Å². The number of alkyl halides is 3. The zero-order valence-corrected chi connectivity index (χ0v) is 17.2. The van der Waals surface area contributed by atoms with Crippen LogP contribution < -0.4 is 0 Å². The molecule has 1 atom stereocenters. The van der Waals surface area contributed by atoms with Crippen LogP contribution in [0.15, 0.2) is 48.8 Å². The van der Waals surface area contributed by atoms with Crippen LogP contribution >= 0.6 is 0 Å². The summed E-state index contributed by atoms with van der Waals surface area (Å²) in [5.74, 6) is 0. The number of nitrogens with zero attached hydrogens (tertiary/aromatic N) is 4. The fourth-order valence-corrected chi connectivity index (χ4v) is 4.10. The lowest BCUT2D eigenvalue weighted by molar-refractivity contribution is -0.137. The number of likely N-dealkylation sites (tertiary alicyclic amines) is 1. The first-order valence-corrected chi connectivity index (χ1v) is 10.1. The van der Waals surface area contributed by atoms with Gasteiger partial charge in [0.2, 0.25) is 0 Å². The van der Waals surface area contributed by atoms with Crippen molar-refractivity contribution in [3.63, 3.8) is 0 Å². The predicted octanol–water partition coefficient (Wildman–Crippen LogP) is 5.07. The molecule has 1 aromatic carbocycles. The summed E-state index contributed by atoms with van der Waals surface area (Å²) in [7, 11) is 1.95. The maximum atomic E-state index is 12.9. The second kappa shape index (κ2) is 8.22.